The molecule has 6 heteroatoms. The summed E-state index contributed by atoms with van der Waals surface area (Å²) in [5.74, 6) is -1.14. The van der Waals surface area contributed by atoms with Gasteiger partial charge in [0.25, 0.3) is 0 Å². The van der Waals surface area contributed by atoms with Crippen LogP contribution in [0.2, 0.25) is 0 Å². The summed E-state index contributed by atoms with van der Waals surface area (Å²) in [7, 11) is 0. The van der Waals surface area contributed by atoms with E-state index >= 15 is 0 Å². The first-order valence-corrected chi connectivity index (χ1v) is 7.42. The minimum Gasteiger partial charge on any atom is -0.450 e. The van der Waals surface area contributed by atoms with Gasteiger partial charge in [0.15, 0.2) is 18.2 Å². The number of fused-ring (bicyclic) bond motifs is 4. The van der Waals surface area contributed by atoms with E-state index < -0.39 is 24.2 Å². The lowest BCUT2D eigenvalue weighted by Crippen LogP contribution is -2.54. The maximum Gasteiger partial charge on any atom is 0.338 e. The van der Waals surface area contributed by atoms with Crippen molar-refractivity contribution in [1.29, 1.82) is 0 Å². The molecule has 0 aliphatic carbocycles. The van der Waals surface area contributed by atoms with Crippen molar-refractivity contribution < 1.29 is 28.5 Å². The summed E-state index contributed by atoms with van der Waals surface area (Å²) < 4.78 is 28.7. The van der Waals surface area contributed by atoms with Gasteiger partial charge >= 0.3 is 5.97 Å². The second-order valence-electron chi connectivity index (χ2n) is 6.18. The van der Waals surface area contributed by atoms with Crippen molar-refractivity contribution in [3.63, 3.8) is 0 Å². The molecule has 22 heavy (non-hydrogen) atoms. The van der Waals surface area contributed by atoms with Gasteiger partial charge in [-0.05, 0) is 26.0 Å². The van der Waals surface area contributed by atoms with Gasteiger partial charge < -0.3 is 23.7 Å². The second-order valence-corrected chi connectivity index (χ2v) is 6.18. The van der Waals surface area contributed by atoms with Crippen LogP contribution in [0.4, 0.5) is 0 Å². The van der Waals surface area contributed by atoms with Crippen molar-refractivity contribution in [2.45, 2.75) is 50.3 Å². The molecule has 4 rings (SSSR count). The third kappa shape index (κ3) is 2.32. The molecule has 0 spiro atoms. The highest BCUT2D eigenvalue weighted by Crippen LogP contribution is 2.41. The lowest BCUT2D eigenvalue weighted by Gasteiger charge is -2.34. The van der Waals surface area contributed by atoms with Crippen LogP contribution in [-0.2, 0) is 23.7 Å². The van der Waals surface area contributed by atoms with E-state index in [1.54, 1.807) is 24.3 Å². The molecule has 1 aromatic rings. The molecule has 0 N–H and O–H groups in total. The van der Waals surface area contributed by atoms with Crippen LogP contribution >= 0.6 is 0 Å². The number of benzene rings is 1. The predicted molar refractivity (Wildman–Crippen MR) is 74.1 cm³/mol. The van der Waals surface area contributed by atoms with Gasteiger partial charge in [0.05, 0.1) is 12.2 Å². The SMILES string of the molecule is CC1(C)O[C@H]2[C@@H](O1)[C@H]1CO[C@H](O1)[C@@H]2OC(=O)c1ccccc1. The molecule has 3 aliphatic heterocycles. The average molecular weight is 306 g/mol. The van der Waals surface area contributed by atoms with E-state index in [-0.39, 0.29) is 18.3 Å². The molecule has 6 nitrogen and oxygen atoms in total. The molecule has 3 saturated heterocycles. The van der Waals surface area contributed by atoms with E-state index in [0.717, 1.165) is 0 Å². The highest BCUT2D eigenvalue weighted by molar-refractivity contribution is 5.89. The normalized spacial score (nSPS) is 38.5. The van der Waals surface area contributed by atoms with Crippen LogP contribution in [0.5, 0.6) is 0 Å². The number of esters is 1. The zero-order chi connectivity index (χ0) is 15.3. The summed E-state index contributed by atoms with van der Waals surface area (Å²) in [6, 6.07) is 8.83. The summed E-state index contributed by atoms with van der Waals surface area (Å²) in [5.41, 5.74) is 0.484. The summed E-state index contributed by atoms with van der Waals surface area (Å²) in [4.78, 5) is 12.3. The van der Waals surface area contributed by atoms with Crippen molar-refractivity contribution >= 4 is 5.97 Å². The Labute approximate surface area is 128 Å². The Bertz CT molecular complexity index is 571. The Kier molecular flexibility index (Phi) is 3.23. The average Bonchev–Trinajstić information content (AvgIpc) is 3.07. The van der Waals surface area contributed by atoms with Gasteiger partial charge in [-0.2, -0.15) is 0 Å². The van der Waals surface area contributed by atoms with Crippen LogP contribution in [0, 0.1) is 0 Å². The van der Waals surface area contributed by atoms with Gasteiger partial charge in [-0.15, -0.1) is 0 Å². The van der Waals surface area contributed by atoms with E-state index in [1.807, 2.05) is 19.9 Å². The van der Waals surface area contributed by atoms with Crippen molar-refractivity contribution in [3.8, 4) is 0 Å². The third-order valence-corrected chi connectivity index (χ3v) is 4.11. The van der Waals surface area contributed by atoms with E-state index in [4.69, 9.17) is 23.7 Å². The first kappa shape index (κ1) is 14.1. The van der Waals surface area contributed by atoms with Crippen LogP contribution < -0.4 is 0 Å². The van der Waals surface area contributed by atoms with Gasteiger partial charge in [0.1, 0.15) is 18.3 Å². The molecular formula is C16H18O6. The highest BCUT2D eigenvalue weighted by Gasteiger charge is 2.60. The zero-order valence-corrected chi connectivity index (χ0v) is 12.4. The molecule has 0 amide bonds. The molecule has 118 valence electrons. The molecule has 3 heterocycles. The lowest BCUT2D eigenvalue weighted by atomic mass is 10.0. The van der Waals surface area contributed by atoms with Crippen LogP contribution in [0.15, 0.2) is 30.3 Å². The fraction of sp³-hybridized carbons (Fsp3) is 0.562. The molecule has 0 radical (unpaired) electrons. The summed E-state index contributed by atoms with van der Waals surface area (Å²) in [5, 5.41) is 0. The van der Waals surface area contributed by atoms with E-state index in [1.165, 1.54) is 0 Å². The molecule has 3 aliphatic rings. The second kappa shape index (κ2) is 5.03. The molecule has 0 unspecified atom stereocenters. The number of hydrogen-bond acceptors (Lipinski definition) is 6. The number of carbonyl (C=O) groups excluding carboxylic acids is 1. The Hall–Kier alpha value is -1.47. The van der Waals surface area contributed by atoms with Gasteiger partial charge in [-0.3, -0.25) is 0 Å². The first-order chi connectivity index (χ1) is 10.5. The number of hydrogen-bond donors (Lipinski definition) is 0. The maximum atomic E-state index is 12.3. The van der Waals surface area contributed by atoms with Crippen LogP contribution in [-0.4, -0.2) is 49.1 Å². The monoisotopic (exact) mass is 306 g/mol. The van der Waals surface area contributed by atoms with Crippen LogP contribution in [0.25, 0.3) is 0 Å². The lowest BCUT2D eigenvalue weighted by molar-refractivity contribution is -0.205. The topological polar surface area (TPSA) is 63.2 Å². The molecule has 2 bridgehead atoms. The van der Waals surface area contributed by atoms with Gasteiger partial charge in [0.2, 0.25) is 0 Å². The minimum atomic E-state index is -0.722. The maximum absolute atomic E-state index is 12.3. The van der Waals surface area contributed by atoms with Crippen LogP contribution in [0.3, 0.4) is 0 Å². The fourth-order valence-electron chi connectivity index (χ4n) is 3.19. The Morgan fingerprint density at radius 1 is 1.18 bits per heavy atom. The van der Waals surface area contributed by atoms with E-state index in [2.05, 4.69) is 0 Å². The quantitative estimate of drug-likeness (QED) is 0.771. The molecular weight excluding hydrogens is 288 g/mol. The smallest absolute Gasteiger partial charge is 0.338 e. The Balaban J connectivity index is 1.56. The van der Waals surface area contributed by atoms with Crippen LogP contribution in [0.1, 0.15) is 24.2 Å². The molecule has 0 aromatic heterocycles. The number of ether oxygens (including phenoxy) is 5. The Morgan fingerprint density at radius 2 is 1.91 bits per heavy atom. The zero-order valence-electron chi connectivity index (χ0n) is 12.4. The van der Waals surface area contributed by atoms with Crippen molar-refractivity contribution in [2.24, 2.45) is 0 Å². The Morgan fingerprint density at radius 3 is 2.68 bits per heavy atom. The van der Waals surface area contributed by atoms with Crippen molar-refractivity contribution in [3.05, 3.63) is 35.9 Å². The predicted octanol–water partition coefficient (Wildman–Crippen LogP) is 1.49. The largest absolute Gasteiger partial charge is 0.450 e. The van der Waals surface area contributed by atoms with E-state index in [0.29, 0.717) is 12.2 Å². The van der Waals surface area contributed by atoms with Gasteiger partial charge in [-0.1, -0.05) is 18.2 Å². The molecule has 1 aromatic carbocycles. The van der Waals surface area contributed by atoms with Gasteiger partial charge in [0, 0.05) is 0 Å². The van der Waals surface area contributed by atoms with E-state index in [9.17, 15) is 4.79 Å². The summed E-state index contributed by atoms with van der Waals surface area (Å²) in [6.45, 7) is 4.11. The minimum absolute atomic E-state index is 0.177. The summed E-state index contributed by atoms with van der Waals surface area (Å²) in [6.07, 6.45) is -2.09. The molecule has 3 fully saturated rings. The molecule has 0 saturated carbocycles. The highest BCUT2D eigenvalue weighted by atomic mass is 16.8. The van der Waals surface area contributed by atoms with Crippen molar-refractivity contribution in [2.75, 3.05) is 6.61 Å². The van der Waals surface area contributed by atoms with Gasteiger partial charge in [-0.25, -0.2) is 4.79 Å². The van der Waals surface area contributed by atoms with Crippen molar-refractivity contribution in [1.82, 2.24) is 0 Å². The first-order valence-electron chi connectivity index (χ1n) is 7.42. The third-order valence-electron chi connectivity index (χ3n) is 4.11. The molecule has 5 atom stereocenters. The standard InChI is InChI=1S/C16H18O6/c1-16(2)21-11-10-8-18-15(19-10)13(12(11)22-16)20-14(17)9-6-4-3-5-7-9/h3-7,10-13,15H,8H2,1-2H3/t10-,11+,12+,13-,15-/m1/s1. The summed E-state index contributed by atoms with van der Waals surface area (Å²) >= 11 is 0. The number of carbonyl (C=O) groups is 1. The number of rotatable bonds is 2. The fourth-order valence-corrected chi connectivity index (χ4v) is 3.19.